The number of hydrogen-bond donors (Lipinski definition) is 1. The lowest BCUT2D eigenvalue weighted by atomic mass is 10.2. The number of nitrogens with zero attached hydrogens (tertiary/aromatic N) is 2. The normalized spacial score (nSPS) is 10.4. The van der Waals surface area contributed by atoms with Gasteiger partial charge in [0.1, 0.15) is 11.6 Å². The van der Waals surface area contributed by atoms with Crippen molar-refractivity contribution in [2.75, 3.05) is 12.4 Å². The highest BCUT2D eigenvalue weighted by Crippen LogP contribution is 2.28. The van der Waals surface area contributed by atoms with Crippen molar-refractivity contribution >= 4 is 33.9 Å². The molecule has 3 rings (SSSR count). The summed E-state index contributed by atoms with van der Waals surface area (Å²) in [6.07, 6.45) is 1.60. The van der Waals surface area contributed by atoms with Crippen LogP contribution in [0, 0.1) is 0 Å². The average molecular weight is 318 g/mol. The van der Waals surface area contributed by atoms with Crippen LogP contribution in [0.5, 0.6) is 5.75 Å². The van der Waals surface area contributed by atoms with Gasteiger partial charge in [-0.15, -0.1) is 11.3 Å². The van der Waals surface area contributed by atoms with Crippen molar-refractivity contribution in [2.24, 2.45) is 0 Å². The third kappa shape index (κ3) is 3.32. The van der Waals surface area contributed by atoms with Crippen LogP contribution in [-0.4, -0.2) is 17.1 Å². The number of halogens is 1. The molecule has 0 atom stereocenters. The first kappa shape index (κ1) is 13.9. The Morgan fingerprint density at radius 3 is 2.62 bits per heavy atom. The van der Waals surface area contributed by atoms with E-state index in [0.717, 1.165) is 28.0 Å². The van der Waals surface area contributed by atoms with Gasteiger partial charge in [-0.25, -0.2) is 9.97 Å². The molecule has 0 radical (unpaired) electrons. The standard InChI is InChI=1S/C15H12ClN3OS/c1-20-12-5-2-10(3-6-12)13-9-21-15(18-13)19-14-7-4-11(16)8-17-14/h2-9H,1H3,(H,17,18,19). The second-order valence-corrected chi connectivity index (χ2v) is 5.55. The number of anilines is 2. The Kier molecular flexibility index (Phi) is 4.03. The van der Waals surface area contributed by atoms with Crippen molar-refractivity contribution in [3.05, 3.63) is 53.0 Å². The van der Waals surface area contributed by atoms with Crippen LogP contribution >= 0.6 is 22.9 Å². The number of thiazole rings is 1. The van der Waals surface area contributed by atoms with E-state index in [9.17, 15) is 0 Å². The molecule has 0 aliphatic heterocycles. The Hall–Kier alpha value is -2.11. The van der Waals surface area contributed by atoms with Crippen LogP contribution in [0.2, 0.25) is 5.02 Å². The van der Waals surface area contributed by atoms with E-state index >= 15 is 0 Å². The van der Waals surface area contributed by atoms with Crippen molar-refractivity contribution in [3.63, 3.8) is 0 Å². The zero-order valence-corrected chi connectivity index (χ0v) is 12.8. The summed E-state index contributed by atoms with van der Waals surface area (Å²) in [6.45, 7) is 0. The fraction of sp³-hybridized carbons (Fsp3) is 0.0667. The molecule has 21 heavy (non-hydrogen) atoms. The Morgan fingerprint density at radius 1 is 1.14 bits per heavy atom. The van der Waals surface area contributed by atoms with Crippen molar-refractivity contribution in [1.82, 2.24) is 9.97 Å². The number of aromatic nitrogens is 2. The van der Waals surface area contributed by atoms with E-state index < -0.39 is 0 Å². The smallest absolute Gasteiger partial charge is 0.188 e. The second kappa shape index (κ2) is 6.11. The lowest BCUT2D eigenvalue weighted by molar-refractivity contribution is 0.415. The molecule has 6 heteroatoms. The highest BCUT2D eigenvalue weighted by atomic mass is 35.5. The first-order valence-electron chi connectivity index (χ1n) is 6.23. The fourth-order valence-electron chi connectivity index (χ4n) is 1.78. The van der Waals surface area contributed by atoms with Gasteiger partial charge in [0.15, 0.2) is 5.13 Å². The maximum atomic E-state index is 5.81. The van der Waals surface area contributed by atoms with Crippen LogP contribution in [0.3, 0.4) is 0 Å². The SMILES string of the molecule is COc1ccc(-c2csc(Nc3ccc(Cl)cn3)n2)cc1. The molecule has 0 unspecified atom stereocenters. The Morgan fingerprint density at radius 2 is 1.95 bits per heavy atom. The molecule has 0 spiro atoms. The number of ether oxygens (including phenoxy) is 1. The van der Waals surface area contributed by atoms with E-state index in [-0.39, 0.29) is 0 Å². The molecule has 1 aromatic carbocycles. The molecule has 3 aromatic rings. The molecule has 0 amide bonds. The van der Waals surface area contributed by atoms with Gasteiger partial charge in [0.2, 0.25) is 0 Å². The first-order valence-corrected chi connectivity index (χ1v) is 7.49. The molecule has 4 nitrogen and oxygen atoms in total. The minimum absolute atomic E-state index is 0.610. The summed E-state index contributed by atoms with van der Waals surface area (Å²) in [5.74, 6) is 1.55. The summed E-state index contributed by atoms with van der Waals surface area (Å²) in [4.78, 5) is 8.73. The van der Waals surface area contributed by atoms with Crippen molar-refractivity contribution in [1.29, 1.82) is 0 Å². The van der Waals surface area contributed by atoms with Gasteiger partial charge in [0, 0.05) is 17.1 Å². The van der Waals surface area contributed by atoms with E-state index in [2.05, 4.69) is 15.3 Å². The Bertz CT molecular complexity index is 725. The number of nitrogens with one attached hydrogen (secondary N) is 1. The third-order valence-corrected chi connectivity index (χ3v) is 3.83. The zero-order valence-electron chi connectivity index (χ0n) is 11.2. The number of hydrogen-bond acceptors (Lipinski definition) is 5. The lowest BCUT2D eigenvalue weighted by Crippen LogP contribution is -1.92. The van der Waals surface area contributed by atoms with Gasteiger partial charge < -0.3 is 10.1 Å². The molecular weight excluding hydrogens is 306 g/mol. The van der Waals surface area contributed by atoms with Crippen molar-refractivity contribution < 1.29 is 4.74 Å². The van der Waals surface area contributed by atoms with Crippen molar-refractivity contribution in [3.8, 4) is 17.0 Å². The zero-order chi connectivity index (χ0) is 14.7. The first-order chi connectivity index (χ1) is 10.2. The van der Waals surface area contributed by atoms with Crippen LogP contribution in [-0.2, 0) is 0 Å². The molecule has 0 fully saturated rings. The number of pyridine rings is 1. The Labute approximate surface area is 131 Å². The largest absolute Gasteiger partial charge is 0.497 e. The number of methoxy groups -OCH3 is 1. The minimum Gasteiger partial charge on any atom is -0.497 e. The van der Waals surface area contributed by atoms with Crippen LogP contribution in [0.15, 0.2) is 48.0 Å². The molecule has 2 aromatic heterocycles. The van der Waals surface area contributed by atoms with Gasteiger partial charge >= 0.3 is 0 Å². The maximum absolute atomic E-state index is 5.81. The van der Waals surface area contributed by atoms with Crippen LogP contribution in [0.4, 0.5) is 10.9 Å². The molecular formula is C15H12ClN3OS. The minimum atomic E-state index is 0.610. The predicted molar refractivity (Wildman–Crippen MR) is 86.6 cm³/mol. The van der Waals surface area contributed by atoms with E-state index in [1.807, 2.05) is 35.7 Å². The van der Waals surface area contributed by atoms with Gasteiger partial charge in [-0.05, 0) is 36.4 Å². The summed E-state index contributed by atoms with van der Waals surface area (Å²) in [6, 6.07) is 11.4. The molecule has 0 aliphatic rings. The number of rotatable bonds is 4. The third-order valence-electron chi connectivity index (χ3n) is 2.85. The van der Waals surface area contributed by atoms with Crippen LogP contribution in [0.25, 0.3) is 11.3 Å². The lowest BCUT2D eigenvalue weighted by Gasteiger charge is -2.01. The molecule has 0 aliphatic carbocycles. The van der Waals surface area contributed by atoms with E-state index in [0.29, 0.717) is 5.02 Å². The predicted octanol–water partition coefficient (Wildman–Crippen LogP) is 4.61. The second-order valence-electron chi connectivity index (χ2n) is 4.25. The van der Waals surface area contributed by atoms with E-state index in [1.54, 1.807) is 19.4 Å². The number of benzene rings is 1. The van der Waals surface area contributed by atoms with Crippen LogP contribution in [0.1, 0.15) is 0 Å². The van der Waals surface area contributed by atoms with E-state index in [1.165, 1.54) is 11.3 Å². The van der Waals surface area contributed by atoms with E-state index in [4.69, 9.17) is 16.3 Å². The van der Waals surface area contributed by atoms with Gasteiger partial charge in [-0.1, -0.05) is 11.6 Å². The quantitative estimate of drug-likeness (QED) is 0.763. The monoisotopic (exact) mass is 317 g/mol. The highest BCUT2D eigenvalue weighted by molar-refractivity contribution is 7.14. The summed E-state index contributed by atoms with van der Waals surface area (Å²) in [5.41, 5.74) is 1.96. The van der Waals surface area contributed by atoms with Crippen LogP contribution < -0.4 is 10.1 Å². The molecule has 1 N–H and O–H groups in total. The van der Waals surface area contributed by atoms with Gasteiger partial charge in [0.05, 0.1) is 17.8 Å². The van der Waals surface area contributed by atoms with Gasteiger partial charge in [-0.2, -0.15) is 0 Å². The topological polar surface area (TPSA) is 47.0 Å². The molecule has 2 heterocycles. The summed E-state index contributed by atoms with van der Waals surface area (Å²) in [7, 11) is 1.65. The molecule has 0 bridgehead atoms. The average Bonchev–Trinajstić information content (AvgIpc) is 2.98. The highest BCUT2D eigenvalue weighted by Gasteiger charge is 2.05. The molecule has 106 valence electrons. The maximum Gasteiger partial charge on any atom is 0.188 e. The summed E-state index contributed by atoms with van der Waals surface area (Å²) in [5, 5.41) is 6.55. The molecule has 0 saturated heterocycles. The summed E-state index contributed by atoms with van der Waals surface area (Å²) >= 11 is 7.34. The van der Waals surface area contributed by atoms with Crippen molar-refractivity contribution in [2.45, 2.75) is 0 Å². The Balaban J connectivity index is 1.77. The molecule has 0 saturated carbocycles. The van der Waals surface area contributed by atoms with Gasteiger partial charge in [0.25, 0.3) is 0 Å². The fourth-order valence-corrected chi connectivity index (χ4v) is 2.62. The van der Waals surface area contributed by atoms with Gasteiger partial charge in [-0.3, -0.25) is 0 Å². The summed E-state index contributed by atoms with van der Waals surface area (Å²) < 4.78 is 5.15.